The Morgan fingerprint density at radius 2 is 0.471 bits per heavy atom. The van der Waals surface area contributed by atoms with Gasteiger partial charge >= 0.3 is 39.5 Å². The molecule has 7 atom stereocenters. The van der Waals surface area contributed by atoms with Crippen LogP contribution in [0.2, 0.25) is 0 Å². The first kappa shape index (κ1) is 100. The summed E-state index contributed by atoms with van der Waals surface area (Å²) >= 11 is 0. The first-order chi connectivity index (χ1) is 49.4. The number of phosphoric ester groups is 2. The average molecular weight is 1490 g/mol. The number of aliphatic hydroxyl groups excluding tert-OH is 1. The molecule has 0 fully saturated rings. The van der Waals surface area contributed by atoms with Crippen LogP contribution < -0.4 is 0 Å². The van der Waals surface area contributed by atoms with Gasteiger partial charge in [0.05, 0.1) is 26.4 Å². The highest BCUT2D eigenvalue weighted by atomic mass is 31.2. The Hall–Kier alpha value is -1.94. The minimum absolute atomic E-state index is 0.108. The Balaban J connectivity index is 5.19. The van der Waals surface area contributed by atoms with Crippen LogP contribution in [-0.2, 0) is 65.4 Å². The van der Waals surface area contributed by atoms with Gasteiger partial charge in [-0.2, -0.15) is 0 Å². The van der Waals surface area contributed by atoms with Gasteiger partial charge in [0.1, 0.15) is 19.3 Å². The smallest absolute Gasteiger partial charge is 0.462 e. The lowest BCUT2D eigenvalue weighted by Gasteiger charge is -2.21. The third-order valence-electron chi connectivity index (χ3n) is 20.2. The van der Waals surface area contributed by atoms with Gasteiger partial charge < -0.3 is 33.8 Å². The third-order valence-corrected chi connectivity index (χ3v) is 22.1. The fourth-order valence-corrected chi connectivity index (χ4v) is 14.4. The molecule has 0 saturated heterocycles. The van der Waals surface area contributed by atoms with Crippen molar-refractivity contribution in [3.8, 4) is 0 Å². The topological polar surface area (TPSA) is 237 Å². The maximum absolute atomic E-state index is 13.1. The van der Waals surface area contributed by atoms with Crippen LogP contribution in [0.4, 0.5) is 0 Å². The average Bonchev–Trinajstić information content (AvgIpc) is 0.909. The van der Waals surface area contributed by atoms with Gasteiger partial charge in [-0.3, -0.25) is 37.3 Å². The largest absolute Gasteiger partial charge is 0.472 e. The molecular formula is C83H162O17P2. The van der Waals surface area contributed by atoms with Crippen LogP contribution in [0.15, 0.2) is 0 Å². The summed E-state index contributed by atoms with van der Waals surface area (Å²) in [7, 11) is -9.92. The molecule has 0 aromatic heterocycles. The molecule has 102 heavy (non-hydrogen) atoms. The molecule has 4 unspecified atom stereocenters. The second-order valence-electron chi connectivity index (χ2n) is 30.4. The molecule has 0 radical (unpaired) electrons. The SMILES string of the molecule is CCCCCCCCCCCCCCCCC(=O)O[C@H](COC(=O)CCCCCCCCCC)COP(=O)(O)OC[C@H](O)COP(=O)(O)OC[C@@H](COC(=O)CCCCCCCCCCCCCCCCC(C)CC)OC(=O)CCCCCCCCCCCCCCCCCCCCC(C)CC. The predicted molar refractivity (Wildman–Crippen MR) is 418 cm³/mol. The van der Waals surface area contributed by atoms with Crippen molar-refractivity contribution >= 4 is 39.5 Å². The maximum atomic E-state index is 13.1. The Kier molecular flexibility index (Phi) is 73.1. The van der Waals surface area contributed by atoms with Crippen molar-refractivity contribution in [2.45, 2.75) is 458 Å². The van der Waals surface area contributed by atoms with Crippen molar-refractivity contribution in [3.05, 3.63) is 0 Å². The summed E-state index contributed by atoms with van der Waals surface area (Å²) in [6.45, 7) is 9.75. The van der Waals surface area contributed by atoms with E-state index < -0.39 is 97.5 Å². The van der Waals surface area contributed by atoms with Gasteiger partial charge in [0.2, 0.25) is 0 Å². The molecule has 19 heteroatoms. The van der Waals surface area contributed by atoms with Gasteiger partial charge in [0.25, 0.3) is 0 Å². The van der Waals surface area contributed by atoms with Crippen molar-refractivity contribution in [2.24, 2.45) is 11.8 Å². The van der Waals surface area contributed by atoms with E-state index in [9.17, 15) is 43.2 Å². The number of ether oxygens (including phenoxy) is 4. The number of hydrogen-bond acceptors (Lipinski definition) is 15. The number of aliphatic hydroxyl groups is 1. The molecule has 0 bridgehead atoms. The van der Waals surface area contributed by atoms with Gasteiger partial charge in [-0.15, -0.1) is 0 Å². The molecule has 17 nitrogen and oxygen atoms in total. The standard InChI is InChI=1S/C83H162O17P2/c1-7-11-13-15-17-19-20-21-32-38-43-49-55-61-67-82(87)99-78(71-93-80(85)65-59-53-47-18-16-14-12-8-2)73-97-101(89,90)95-69-77(84)70-96-102(91,92)98-74-79(72-94-81(86)66-60-54-48-42-37-33-29-28-31-36-41-46-52-58-64-76(6)10-4)100-83(88)68-62-56-50-44-39-34-27-25-23-22-24-26-30-35-40-45-51-57-63-75(5)9-3/h75-79,84H,7-74H2,1-6H3,(H,89,90)(H,91,92)/t75?,76?,77-,78+,79+/m0/s1. The van der Waals surface area contributed by atoms with Gasteiger partial charge in [0, 0.05) is 25.7 Å². The van der Waals surface area contributed by atoms with E-state index in [2.05, 4.69) is 41.5 Å². The molecule has 0 aliphatic rings. The van der Waals surface area contributed by atoms with Crippen LogP contribution in [0.5, 0.6) is 0 Å². The second-order valence-corrected chi connectivity index (χ2v) is 33.3. The van der Waals surface area contributed by atoms with E-state index >= 15 is 0 Å². The van der Waals surface area contributed by atoms with Gasteiger partial charge in [-0.1, -0.05) is 388 Å². The van der Waals surface area contributed by atoms with Gasteiger partial charge in [-0.25, -0.2) is 9.13 Å². The lowest BCUT2D eigenvalue weighted by molar-refractivity contribution is -0.161. The first-order valence-electron chi connectivity index (χ1n) is 43.1. The number of esters is 4. The molecule has 0 saturated carbocycles. The summed E-state index contributed by atoms with van der Waals surface area (Å²) in [6, 6.07) is 0. The molecule has 0 rings (SSSR count). The summed E-state index contributed by atoms with van der Waals surface area (Å²) in [4.78, 5) is 73.0. The normalized spacial score (nSPS) is 14.4. The van der Waals surface area contributed by atoms with Crippen LogP contribution in [0, 0.1) is 11.8 Å². The molecule has 606 valence electrons. The molecule has 0 aliphatic carbocycles. The minimum Gasteiger partial charge on any atom is -0.462 e. The van der Waals surface area contributed by atoms with Gasteiger partial charge in [0.15, 0.2) is 12.2 Å². The van der Waals surface area contributed by atoms with E-state index in [-0.39, 0.29) is 25.7 Å². The quantitative estimate of drug-likeness (QED) is 0.0222. The Morgan fingerprint density at radius 3 is 0.696 bits per heavy atom. The molecule has 0 heterocycles. The zero-order valence-electron chi connectivity index (χ0n) is 66.9. The monoisotopic (exact) mass is 1490 g/mol. The van der Waals surface area contributed by atoms with Crippen LogP contribution in [0.3, 0.4) is 0 Å². The van der Waals surface area contributed by atoms with Gasteiger partial charge in [-0.05, 0) is 37.5 Å². The summed E-state index contributed by atoms with van der Waals surface area (Å²) < 4.78 is 68.7. The Bertz CT molecular complexity index is 1960. The predicted octanol–water partition coefficient (Wildman–Crippen LogP) is 25.1. The van der Waals surface area contributed by atoms with E-state index in [0.29, 0.717) is 25.7 Å². The Labute approximate surface area is 626 Å². The zero-order valence-corrected chi connectivity index (χ0v) is 68.7. The summed E-state index contributed by atoms with van der Waals surface area (Å²) in [5, 5.41) is 10.6. The highest BCUT2D eigenvalue weighted by Gasteiger charge is 2.30. The Morgan fingerprint density at radius 1 is 0.275 bits per heavy atom. The number of rotatable bonds is 82. The maximum Gasteiger partial charge on any atom is 0.472 e. The van der Waals surface area contributed by atoms with Crippen LogP contribution >= 0.6 is 15.6 Å². The van der Waals surface area contributed by atoms with Crippen LogP contribution in [0.1, 0.15) is 440 Å². The van der Waals surface area contributed by atoms with Crippen LogP contribution in [-0.4, -0.2) is 96.7 Å². The van der Waals surface area contributed by atoms with E-state index in [1.807, 2.05) is 0 Å². The van der Waals surface area contributed by atoms with Crippen LogP contribution in [0.25, 0.3) is 0 Å². The number of unbranched alkanes of at least 4 members (excludes halogenated alkanes) is 50. The first-order valence-corrected chi connectivity index (χ1v) is 46.1. The number of carbonyl (C=O) groups excluding carboxylic acids is 4. The van der Waals surface area contributed by atoms with Crippen molar-refractivity contribution in [1.82, 2.24) is 0 Å². The highest BCUT2D eigenvalue weighted by Crippen LogP contribution is 2.45. The highest BCUT2D eigenvalue weighted by molar-refractivity contribution is 7.47. The summed E-state index contributed by atoms with van der Waals surface area (Å²) in [5.74, 6) is -0.387. The fraction of sp³-hybridized carbons (Fsp3) is 0.952. The molecule has 0 spiro atoms. The van der Waals surface area contributed by atoms with Crippen molar-refractivity contribution < 1.29 is 80.2 Å². The van der Waals surface area contributed by atoms with E-state index in [0.717, 1.165) is 108 Å². The third kappa shape index (κ3) is 73.6. The fourth-order valence-electron chi connectivity index (χ4n) is 12.8. The van der Waals surface area contributed by atoms with Crippen molar-refractivity contribution in [1.29, 1.82) is 0 Å². The molecule has 0 amide bonds. The molecule has 0 aliphatic heterocycles. The van der Waals surface area contributed by atoms with E-state index in [1.54, 1.807) is 0 Å². The molecule has 3 N–H and O–H groups in total. The lowest BCUT2D eigenvalue weighted by atomic mass is 9.99. The molecular weight excluding hydrogens is 1330 g/mol. The summed E-state index contributed by atoms with van der Waals surface area (Å²) in [5.41, 5.74) is 0. The van der Waals surface area contributed by atoms with E-state index in [1.165, 1.54) is 250 Å². The lowest BCUT2D eigenvalue weighted by Crippen LogP contribution is -2.30. The minimum atomic E-state index is -4.96. The summed E-state index contributed by atoms with van der Waals surface area (Å²) in [6.07, 6.45) is 65.2. The number of carbonyl (C=O) groups is 4. The number of phosphoric acid groups is 2. The van der Waals surface area contributed by atoms with Crippen molar-refractivity contribution in [3.63, 3.8) is 0 Å². The zero-order chi connectivity index (χ0) is 74.9. The molecule has 0 aromatic rings. The van der Waals surface area contributed by atoms with Crippen molar-refractivity contribution in [2.75, 3.05) is 39.6 Å². The number of hydrogen-bond donors (Lipinski definition) is 3. The second kappa shape index (κ2) is 74.5. The molecule has 0 aromatic carbocycles. The van der Waals surface area contributed by atoms with E-state index in [4.69, 9.17) is 37.0 Å².